The number of aromatic amines is 1. The van der Waals surface area contributed by atoms with Crippen LogP contribution in [0.15, 0.2) is 29.1 Å². The summed E-state index contributed by atoms with van der Waals surface area (Å²) in [7, 11) is 2.06. The van der Waals surface area contributed by atoms with Gasteiger partial charge < -0.3 is 19.5 Å². The first-order valence-electron chi connectivity index (χ1n) is 10.8. The minimum absolute atomic E-state index is 0.0112. The van der Waals surface area contributed by atoms with E-state index in [9.17, 15) is 9.59 Å². The van der Waals surface area contributed by atoms with Crippen LogP contribution in [0.2, 0.25) is 0 Å². The summed E-state index contributed by atoms with van der Waals surface area (Å²) in [6, 6.07) is 7.73. The Bertz CT molecular complexity index is 946. The molecular weight excluding hydrogens is 380 g/mol. The number of likely N-dealkylation sites (tertiary alicyclic amines) is 1. The first kappa shape index (κ1) is 20.6. The van der Waals surface area contributed by atoms with Crippen molar-refractivity contribution in [2.45, 2.75) is 45.1 Å². The third-order valence-corrected chi connectivity index (χ3v) is 6.11. The largest absolute Gasteiger partial charge is 0.494 e. The number of carbonyl (C=O) groups is 1. The van der Waals surface area contributed by atoms with Gasteiger partial charge in [-0.1, -0.05) is 12.1 Å². The Morgan fingerprint density at radius 2 is 1.93 bits per heavy atom. The van der Waals surface area contributed by atoms with Gasteiger partial charge in [-0.3, -0.25) is 9.59 Å². The van der Waals surface area contributed by atoms with Crippen molar-refractivity contribution in [1.29, 1.82) is 0 Å². The van der Waals surface area contributed by atoms with Gasteiger partial charge in [0.25, 0.3) is 5.56 Å². The predicted octanol–water partition coefficient (Wildman–Crippen LogP) is 2.11. The normalized spacial score (nSPS) is 17.6. The van der Waals surface area contributed by atoms with Gasteiger partial charge in [-0.05, 0) is 50.9 Å². The molecule has 0 bridgehead atoms. The molecular formula is C23H30N4O3. The average Bonchev–Trinajstić information content (AvgIpc) is 2.75. The van der Waals surface area contributed by atoms with Crippen LogP contribution >= 0.6 is 0 Å². The summed E-state index contributed by atoms with van der Waals surface area (Å²) in [5, 5.41) is 0. The van der Waals surface area contributed by atoms with Crippen LogP contribution < -0.4 is 10.3 Å². The number of hydrogen-bond donors (Lipinski definition) is 1. The highest BCUT2D eigenvalue weighted by Crippen LogP contribution is 2.26. The maximum atomic E-state index is 12.7. The standard InChI is InChI=1S/C23H30N4O3/c1-3-30-18-6-4-16(5-7-18)14-21(28)27-12-8-17(9-13-27)22-24-20-15-26(2)11-10-19(20)23(29)25-22/h4-7,17H,3,8-15H2,1-2H3,(H,24,25,29). The van der Waals surface area contributed by atoms with Gasteiger partial charge in [0.2, 0.25) is 5.91 Å². The highest BCUT2D eigenvalue weighted by atomic mass is 16.5. The number of H-pyrrole nitrogens is 1. The Morgan fingerprint density at radius 3 is 2.63 bits per heavy atom. The highest BCUT2D eigenvalue weighted by Gasteiger charge is 2.27. The van der Waals surface area contributed by atoms with Crippen LogP contribution in [0.5, 0.6) is 5.75 Å². The molecule has 0 spiro atoms. The fraction of sp³-hybridized carbons (Fsp3) is 0.522. The summed E-state index contributed by atoms with van der Waals surface area (Å²) < 4.78 is 5.46. The maximum Gasteiger partial charge on any atom is 0.254 e. The van der Waals surface area contributed by atoms with Crippen molar-refractivity contribution < 1.29 is 9.53 Å². The van der Waals surface area contributed by atoms with Gasteiger partial charge in [-0.15, -0.1) is 0 Å². The Hall–Kier alpha value is -2.67. The molecule has 1 saturated heterocycles. The molecule has 1 aromatic carbocycles. The minimum Gasteiger partial charge on any atom is -0.494 e. The topological polar surface area (TPSA) is 78.5 Å². The lowest BCUT2D eigenvalue weighted by Gasteiger charge is -2.32. The Kier molecular flexibility index (Phi) is 6.18. The molecule has 7 heteroatoms. The molecule has 4 rings (SSSR count). The second kappa shape index (κ2) is 9.00. The summed E-state index contributed by atoms with van der Waals surface area (Å²) in [5.41, 5.74) is 2.75. The Morgan fingerprint density at radius 1 is 1.20 bits per heavy atom. The number of aromatic nitrogens is 2. The number of rotatable bonds is 5. The van der Waals surface area contributed by atoms with Crippen molar-refractivity contribution in [3.8, 4) is 5.75 Å². The quantitative estimate of drug-likeness (QED) is 0.817. The zero-order chi connectivity index (χ0) is 21.1. The van der Waals surface area contributed by atoms with Crippen LogP contribution in [0.4, 0.5) is 0 Å². The molecule has 0 saturated carbocycles. The molecule has 30 heavy (non-hydrogen) atoms. The number of nitrogens with zero attached hydrogens (tertiary/aromatic N) is 3. The summed E-state index contributed by atoms with van der Waals surface area (Å²) in [6.45, 7) is 5.60. The number of ether oxygens (including phenoxy) is 1. The fourth-order valence-corrected chi connectivity index (χ4v) is 4.34. The van der Waals surface area contributed by atoms with Crippen LogP contribution in [0, 0.1) is 0 Å². The molecule has 2 aromatic rings. The van der Waals surface area contributed by atoms with Crippen LogP contribution in [0.25, 0.3) is 0 Å². The number of piperidine rings is 1. The van der Waals surface area contributed by atoms with E-state index in [1.54, 1.807) is 0 Å². The van der Waals surface area contributed by atoms with E-state index >= 15 is 0 Å². The zero-order valence-electron chi connectivity index (χ0n) is 17.8. The molecule has 2 aliphatic heterocycles. The van der Waals surface area contributed by atoms with Crippen molar-refractivity contribution in [2.75, 3.05) is 33.3 Å². The number of benzene rings is 1. The Balaban J connectivity index is 1.35. The molecule has 1 fully saturated rings. The molecule has 0 radical (unpaired) electrons. The maximum absolute atomic E-state index is 12.7. The number of likely N-dealkylation sites (N-methyl/N-ethyl adjacent to an activating group) is 1. The second-order valence-corrected chi connectivity index (χ2v) is 8.27. The number of amides is 1. The van der Waals surface area contributed by atoms with Gasteiger partial charge >= 0.3 is 0 Å². The van der Waals surface area contributed by atoms with E-state index in [0.717, 1.165) is 60.7 Å². The van der Waals surface area contributed by atoms with E-state index in [0.29, 0.717) is 26.1 Å². The molecule has 0 atom stereocenters. The highest BCUT2D eigenvalue weighted by molar-refractivity contribution is 5.78. The van der Waals surface area contributed by atoms with E-state index in [4.69, 9.17) is 9.72 Å². The molecule has 0 unspecified atom stereocenters. The molecule has 160 valence electrons. The third kappa shape index (κ3) is 4.56. The van der Waals surface area contributed by atoms with E-state index in [1.165, 1.54) is 0 Å². The number of fused-ring (bicyclic) bond motifs is 1. The van der Waals surface area contributed by atoms with Crippen LogP contribution in [-0.4, -0.2) is 59.0 Å². The lowest BCUT2D eigenvalue weighted by molar-refractivity contribution is -0.131. The smallest absolute Gasteiger partial charge is 0.254 e. The van der Waals surface area contributed by atoms with Crippen molar-refractivity contribution in [1.82, 2.24) is 19.8 Å². The van der Waals surface area contributed by atoms with Crippen molar-refractivity contribution in [3.05, 3.63) is 57.3 Å². The molecule has 1 N–H and O–H groups in total. The molecule has 1 amide bonds. The van der Waals surface area contributed by atoms with Gasteiger partial charge in [-0.2, -0.15) is 0 Å². The van der Waals surface area contributed by atoms with E-state index in [-0.39, 0.29) is 17.4 Å². The van der Waals surface area contributed by atoms with E-state index < -0.39 is 0 Å². The van der Waals surface area contributed by atoms with Gasteiger partial charge in [0, 0.05) is 37.7 Å². The molecule has 0 aliphatic carbocycles. The summed E-state index contributed by atoms with van der Waals surface area (Å²) in [5.74, 6) is 1.95. The van der Waals surface area contributed by atoms with E-state index in [1.807, 2.05) is 36.1 Å². The SMILES string of the molecule is CCOc1ccc(CC(=O)N2CCC(c3nc4c(c(=O)[nH]3)CCN(C)C4)CC2)cc1. The van der Waals surface area contributed by atoms with Crippen molar-refractivity contribution in [2.24, 2.45) is 0 Å². The van der Waals surface area contributed by atoms with Crippen LogP contribution in [0.3, 0.4) is 0 Å². The summed E-state index contributed by atoms with van der Waals surface area (Å²) >= 11 is 0. The van der Waals surface area contributed by atoms with Gasteiger partial charge in [0.05, 0.1) is 18.7 Å². The number of nitrogens with one attached hydrogen (secondary N) is 1. The van der Waals surface area contributed by atoms with Crippen molar-refractivity contribution >= 4 is 5.91 Å². The average molecular weight is 411 g/mol. The Labute approximate surface area is 177 Å². The number of carbonyl (C=O) groups excluding carboxylic acids is 1. The second-order valence-electron chi connectivity index (χ2n) is 8.27. The first-order chi connectivity index (χ1) is 14.5. The lowest BCUT2D eigenvalue weighted by atomic mass is 9.94. The monoisotopic (exact) mass is 410 g/mol. The van der Waals surface area contributed by atoms with Crippen molar-refractivity contribution in [3.63, 3.8) is 0 Å². The minimum atomic E-state index is 0.0112. The van der Waals surface area contributed by atoms with Gasteiger partial charge in [-0.25, -0.2) is 4.98 Å². The molecule has 2 aliphatic rings. The fourth-order valence-electron chi connectivity index (χ4n) is 4.34. The lowest BCUT2D eigenvalue weighted by Crippen LogP contribution is -2.40. The van der Waals surface area contributed by atoms with Gasteiger partial charge in [0.15, 0.2) is 0 Å². The summed E-state index contributed by atoms with van der Waals surface area (Å²) in [6.07, 6.45) is 2.81. The molecule has 7 nitrogen and oxygen atoms in total. The molecule has 1 aromatic heterocycles. The zero-order valence-corrected chi connectivity index (χ0v) is 17.8. The number of hydrogen-bond acceptors (Lipinski definition) is 5. The van der Waals surface area contributed by atoms with Crippen LogP contribution in [0.1, 0.15) is 48.3 Å². The van der Waals surface area contributed by atoms with Crippen LogP contribution in [-0.2, 0) is 24.2 Å². The van der Waals surface area contributed by atoms with E-state index in [2.05, 4.69) is 16.9 Å². The third-order valence-electron chi connectivity index (χ3n) is 6.11. The first-order valence-corrected chi connectivity index (χ1v) is 10.8. The van der Waals surface area contributed by atoms with Gasteiger partial charge in [0.1, 0.15) is 11.6 Å². The molecule has 3 heterocycles. The predicted molar refractivity (Wildman–Crippen MR) is 115 cm³/mol. The summed E-state index contributed by atoms with van der Waals surface area (Å²) in [4.78, 5) is 37.1.